The molecule has 4 aromatic rings. The van der Waals surface area contributed by atoms with Gasteiger partial charge in [0.15, 0.2) is 5.58 Å². The van der Waals surface area contributed by atoms with E-state index < -0.39 is 0 Å². The highest BCUT2D eigenvalue weighted by Crippen LogP contribution is 2.32. The van der Waals surface area contributed by atoms with Crippen LogP contribution in [-0.2, 0) is 0 Å². The van der Waals surface area contributed by atoms with Gasteiger partial charge in [-0.15, -0.1) is 0 Å². The predicted octanol–water partition coefficient (Wildman–Crippen LogP) is 5.41. The summed E-state index contributed by atoms with van der Waals surface area (Å²) in [6, 6.07) is 19.5. The summed E-state index contributed by atoms with van der Waals surface area (Å²) in [6.45, 7) is 0. The minimum absolute atomic E-state index is 0.226. The fourth-order valence-electron chi connectivity index (χ4n) is 2.74. The molecular formula is C21H15ClN2O3. The summed E-state index contributed by atoms with van der Waals surface area (Å²) in [5.41, 5.74) is 3.17. The van der Waals surface area contributed by atoms with Crippen LogP contribution in [0.1, 0.15) is 10.4 Å². The molecule has 0 aliphatic rings. The number of carbonyl (C=O) groups is 1. The normalized spacial score (nSPS) is 10.7. The van der Waals surface area contributed by atoms with Gasteiger partial charge in [-0.1, -0.05) is 23.7 Å². The standard InChI is InChI=1S/C21H15ClN2O3/c1-26-18-5-3-2-4-16(18)21-24-17-11-10-15(12-19(17)27-21)23-20(25)13-6-8-14(22)9-7-13/h2-12H,1H3,(H,23,25). The van der Waals surface area contributed by atoms with Crippen LogP contribution in [0.2, 0.25) is 5.02 Å². The lowest BCUT2D eigenvalue weighted by atomic mass is 10.2. The van der Waals surface area contributed by atoms with Crippen LogP contribution in [0.5, 0.6) is 5.75 Å². The Morgan fingerprint density at radius 3 is 2.63 bits per heavy atom. The molecular weight excluding hydrogens is 364 g/mol. The van der Waals surface area contributed by atoms with Crippen LogP contribution in [0, 0.1) is 0 Å². The number of aromatic nitrogens is 1. The van der Waals surface area contributed by atoms with Gasteiger partial charge in [-0.25, -0.2) is 4.98 Å². The van der Waals surface area contributed by atoms with Crippen LogP contribution >= 0.6 is 11.6 Å². The molecule has 0 saturated carbocycles. The third kappa shape index (κ3) is 3.50. The second kappa shape index (κ2) is 7.13. The number of carbonyl (C=O) groups excluding carboxylic acids is 1. The number of methoxy groups -OCH3 is 1. The number of rotatable bonds is 4. The molecule has 6 heteroatoms. The fourth-order valence-corrected chi connectivity index (χ4v) is 2.87. The van der Waals surface area contributed by atoms with Gasteiger partial charge in [0.1, 0.15) is 11.3 Å². The maximum absolute atomic E-state index is 12.4. The van der Waals surface area contributed by atoms with E-state index in [2.05, 4.69) is 10.3 Å². The van der Waals surface area contributed by atoms with Crippen LogP contribution in [-0.4, -0.2) is 18.0 Å². The summed E-state index contributed by atoms with van der Waals surface area (Å²) < 4.78 is 11.2. The second-order valence-corrected chi connectivity index (χ2v) is 6.30. The average molecular weight is 379 g/mol. The second-order valence-electron chi connectivity index (χ2n) is 5.86. The molecule has 1 amide bonds. The first-order valence-corrected chi connectivity index (χ1v) is 8.63. The zero-order valence-corrected chi connectivity index (χ0v) is 15.2. The highest BCUT2D eigenvalue weighted by atomic mass is 35.5. The lowest BCUT2D eigenvalue weighted by Crippen LogP contribution is -2.11. The number of anilines is 1. The first-order valence-electron chi connectivity index (χ1n) is 8.25. The van der Waals surface area contributed by atoms with E-state index in [4.69, 9.17) is 20.8 Å². The van der Waals surface area contributed by atoms with Crippen LogP contribution in [0.25, 0.3) is 22.6 Å². The molecule has 0 aliphatic carbocycles. The van der Waals surface area contributed by atoms with E-state index >= 15 is 0 Å². The molecule has 3 aromatic carbocycles. The Kier molecular flexibility index (Phi) is 4.52. The van der Waals surface area contributed by atoms with Gasteiger partial charge in [-0.05, 0) is 48.5 Å². The molecule has 0 fully saturated rings. The Morgan fingerprint density at radius 1 is 1.07 bits per heavy atom. The number of nitrogens with zero attached hydrogens (tertiary/aromatic N) is 1. The van der Waals surface area contributed by atoms with Gasteiger partial charge < -0.3 is 14.5 Å². The van der Waals surface area contributed by atoms with Crippen LogP contribution in [0.15, 0.2) is 71.1 Å². The van der Waals surface area contributed by atoms with E-state index in [1.165, 1.54) is 0 Å². The Balaban J connectivity index is 1.63. The lowest BCUT2D eigenvalue weighted by molar-refractivity contribution is 0.102. The number of benzene rings is 3. The summed E-state index contributed by atoms with van der Waals surface area (Å²) in [6.07, 6.45) is 0. The van der Waals surface area contributed by atoms with Crippen molar-refractivity contribution < 1.29 is 13.9 Å². The molecule has 0 saturated heterocycles. The maximum atomic E-state index is 12.4. The quantitative estimate of drug-likeness (QED) is 0.515. The first kappa shape index (κ1) is 17.1. The number of oxazole rings is 1. The number of fused-ring (bicyclic) bond motifs is 1. The first-order chi connectivity index (χ1) is 13.1. The van der Waals surface area contributed by atoms with E-state index in [-0.39, 0.29) is 5.91 Å². The van der Waals surface area contributed by atoms with Crippen molar-refractivity contribution in [2.24, 2.45) is 0 Å². The van der Waals surface area contributed by atoms with Gasteiger partial charge in [0.2, 0.25) is 5.89 Å². The van der Waals surface area contributed by atoms with E-state index in [0.717, 1.165) is 5.56 Å². The van der Waals surface area contributed by atoms with Crippen LogP contribution < -0.4 is 10.1 Å². The van der Waals surface area contributed by atoms with Gasteiger partial charge in [-0.3, -0.25) is 4.79 Å². The van der Waals surface area contributed by atoms with E-state index in [9.17, 15) is 4.79 Å². The predicted molar refractivity (Wildman–Crippen MR) is 105 cm³/mol. The molecule has 5 nitrogen and oxygen atoms in total. The zero-order valence-electron chi connectivity index (χ0n) is 14.4. The fraction of sp³-hybridized carbons (Fsp3) is 0.0476. The highest BCUT2D eigenvalue weighted by Gasteiger charge is 2.14. The minimum Gasteiger partial charge on any atom is -0.496 e. The van der Waals surface area contributed by atoms with Gasteiger partial charge in [0, 0.05) is 22.3 Å². The van der Waals surface area contributed by atoms with Gasteiger partial charge in [-0.2, -0.15) is 0 Å². The molecule has 1 N–H and O–H groups in total. The van der Waals surface area contributed by atoms with E-state index in [0.29, 0.717) is 39.0 Å². The zero-order chi connectivity index (χ0) is 18.8. The van der Waals surface area contributed by atoms with Crippen molar-refractivity contribution in [2.45, 2.75) is 0 Å². The van der Waals surface area contributed by atoms with Crippen molar-refractivity contribution in [3.63, 3.8) is 0 Å². The highest BCUT2D eigenvalue weighted by molar-refractivity contribution is 6.30. The molecule has 134 valence electrons. The summed E-state index contributed by atoms with van der Waals surface area (Å²) >= 11 is 5.86. The van der Waals surface area contributed by atoms with E-state index in [1.54, 1.807) is 49.6 Å². The maximum Gasteiger partial charge on any atom is 0.255 e. The van der Waals surface area contributed by atoms with Crippen molar-refractivity contribution in [3.8, 4) is 17.2 Å². The smallest absolute Gasteiger partial charge is 0.255 e. The largest absolute Gasteiger partial charge is 0.496 e. The summed E-state index contributed by atoms with van der Waals surface area (Å²) in [5, 5.41) is 3.43. The Morgan fingerprint density at radius 2 is 1.85 bits per heavy atom. The third-order valence-electron chi connectivity index (χ3n) is 4.09. The molecule has 0 aliphatic heterocycles. The number of para-hydroxylation sites is 1. The molecule has 0 radical (unpaired) electrons. The lowest BCUT2D eigenvalue weighted by Gasteiger charge is -2.05. The molecule has 1 aromatic heterocycles. The monoisotopic (exact) mass is 378 g/mol. The number of hydrogen-bond donors (Lipinski definition) is 1. The number of hydrogen-bond acceptors (Lipinski definition) is 4. The molecule has 0 bridgehead atoms. The third-order valence-corrected chi connectivity index (χ3v) is 4.34. The van der Waals surface area contributed by atoms with E-state index in [1.807, 2.05) is 24.3 Å². The van der Waals surface area contributed by atoms with Gasteiger partial charge in [0.25, 0.3) is 5.91 Å². The van der Waals surface area contributed by atoms with Crippen molar-refractivity contribution in [2.75, 3.05) is 12.4 Å². The molecule has 1 heterocycles. The van der Waals surface area contributed by atoms with Crippen LogP contribution in [0.3, 0.4) is 0 Å². The van der Waals surface area contributed by atoms with Crippen molar-refractivity contribution in [1.82, 2.24) is 4.98 Å². The Hall–Kier alpha value is -3.31. The minimum atomic E-state index is -0.226. The average Bonchev–Trinajstić information content (AvgIpc) is 3.11. The molecule has 0 spiro atoms. The molecule has 27 heavy (non-hydrogen) atoms. The Labute approximate surface area is 160 Å². The molecule has 0 unspecified atom stereocenters. The van der Waals surface area contributed by atoms with Crippen molar-refractivity contribution in [3.05, 3.63) is 77.3 Å². The molecule has 4 rings (SSSR count). The number of halogens is 1. The topological polar surface area (TPSA) is 64.4 Å². The number of amides is 1. The number of nitrogens with one attached hydrogen (secondary N) is 1. The molecule has 0 atom stereocenters. The Bertz CT molecular complexity index is 1120. The summed E-state index contributed by atoms with van der Waals surface area (Å²) in [7, 11) is 1.60. The number of ether oxygens (including phenoxy) is 1. The van der Waals surface area contributed by atoms with Crippen LogP contribution in [0.4, 0.5) is 5.69 Å². The summed E-state index contributed by atoms with van der Waals surface area (Å²) in [5.74, 6) is 0.916. The summed E-state index contributed by atoms with van der Waals surface area (Å²) in [4.78, 5) is 16.9. The van der Waals surface area contributed by atoms with Gasteiger partial charge >= 0.3 is 0 Å². The van der Waals surface area contributed by atoms with Gasteiger partial charge in [0.05, 0.1) is 12.7 Å². The van der Waals surface area contributed by atoms with Crippen molar-refractivity contribution in [1.29, 1.82) is 0 Å². The van der Waals surface area contributed by atoms with Crippen molar-refractivity contribution >= 4 is 34.3 Å². The SMILES string of the molecule is COc1ccccc1-c1nc2ccc(NC(=O)c3ccc(Cl)cc3)cc2o1.